The first kappa shape index (κ1) is 15.9. The first-order chi connectivity index (χ1) is 9.19. The van der Waals surface area contributed by atoms with E-state index >= 15 is 0 Å². The quantitative estimate of drug-likeness (QED) is 0.401. The van der Waals surface area contributed by atoms with Gasteiger partial charge in [0.15, 0.2) is 5.78 Å². The van der Waals surface area contributed by atoms with Crippen LogP contribution in [0.3, 0.4) is 0 Å². The van der Waals surface area contributed by atoms with Gasteiger partial charge in [0.2, 0.25) is 0 Å². The van der Waals surface area contributed by atoms with E-state index in [1.807, 2.05) is 12.2 Å². The van der Waals surface area contributed by atoms with Crippen molar-refractivity contribution in [2.75, 3.05) is 0 Å². The van der Waals surface area contributed by atoms with E-state index in [4.69, 9.17) is 0 Å². The Bertz CT molecular complexity index is 349. The molecule has 1 aliphatic carbocycles. The molecule has 0 heterocycles. The van der Waals surface area contributed by atoms with Gasteiger partial charge in [-0.25, -0.2) is 0 Å². The van der Waals surface area contributed by atoms with E-state index in [1.165, 1.54) is 18.4 Å². The lowest BCUT2D eigenvalue weighted by molar-refractivity contribution is -0.117. The van der Waals surface area contributed by atoms with Crippen molar-refractivity contribution in [3.63, 3.8) is 0 Å². The summed E-state index contributed by atoms with van der Waals surface area (Å²) < 4.78 is 0. The highest BCUT2D eigenvalue weighted by Gasteiger charge is 2.23. The van der Waals surface area contributed by atoms with Crippen molar-refractivity contribution in [1.29, 1.82) is 0 Å². The summed E-state index contributed by atoms with van der Waals surface area (Å²) in [6, 6.07) is 0. The second kappa shape index (κ2) is 8.90. The molecule has 1 heteroatoms. The first-order valence-corrected chi connectivity index (χ1v) is 7.65. The maximum absolute atomic E-state index is 12.2. The molecule has 0 amide bonds. The van der Waals surface area contributed by atoms with Crippen molar-refractivity contribution in [3.05, 3.63) is 36.5 Å². The average Bonchev–Trinajstić information content (AvgIpc) is 2.37. The van der Waals surface area contributed by atoms with Gasteiger partial charge in [-0.1, -0.05) is 24.6 Å². The highest BCUT2D eigenvalue weighted by Crippen LogP contribution is 2.32. The summed E-state index contributed by atoms with van der Waals surface area (Å²) in [5.41, 5.74) is 2.59. The van der Waals surface area contributed by atoms with Crippen LogP contribution in [0.15, 0.2) is 36.5 Å². The van der Waals surface area contributed by atoms with Gasteiger partial charge in [-0.3, -0.25) is 4.79 Å². The minimum Gasteiger partial charge on any atom is -0.295 e. The van der Waals surface area contributed by atoms with Gasteiger partial charge in [-0.15, -0.1) is 13.2 Å². The van der Waals surface area contributed by atoms with Gasteiger partial charge in [-0.2, -0.15) is 0 Å². The van der Waals surface area contributed by atoms with Gasteiger partial charge in [0, 0.05) is 6.42 Å². The van der Waals surface area contributed by atoms with E-state index in [2.05, 4.69) is 20.1 Å². The van der Waals surface area contributed by atoms with E-state index in [-0.39, 0.29) is 0 Å². The monoisotopic (exact) mass is 260 g/mol. The van der Waals surface area contributed by atoms with Gasteiger partial charge < -0.3 is 0 Å². The predicted octanol–water partition coefficient (Wildman–Crippen LogP) is 5.38. The molecule has 0 radical (unpaired) electrons. The Hall–Kier alpha value is -1.11. The van der Waals surface area contributed by atoms with Crippen LogP contribution in [0.25, 0.3) is 0 Å². The Balaban J connectivity index is 2.62. The summed E-state index contributed by atoms with van der Waals surface area (Å²) in [6.07, 6.45) is 13.4. The van der Waals surface area contributed by atoms with Gasteiger partial charge in [0.05, 0.1) is 0 Å². The lowest BCUT2D eigenvalue weighted by Crippen LogP contribution is -2.18. The van der Waals surface area contributed by atoms with E-state index in [0.29, 0.717) is 11.7 Å². The maximum atomic E-state index is 12.2. The molecular formula is C18H28O. The summed E-state index contributed by atoms with van der Waals surface area (Å²) in [7, 11) is 0. The molecule has 0 N–H and O–H groups in total. The van der Waals surface area contributed by atoms with Crippen molar-refractivity contribution in [1.82, 2.24) is 0 Å². The summed E-state index contributed by atoms with van der Waals surface area (Å²) >= 11 is 0. The molecule has 0 fully saturated rings. The summed E-state index contributed by atoms with van der Waals surface area (Å²) in [6.45, 7) is 9.71. The second-order valence-electron chi connectivity index (χ2n) is 5.73. The van der Waals surface area contributed by atoms with E-state index in [0.717, 1.165) is 50.5 Å². The van der Waals surface area contributed by atoms with Crippen molar-refractivity contribution in [3.8, 4) is 0 Å². The molecule has 0 unspecified atom stereocenters. The van der Waals surface area contributed by atoms with E-state index in [9.17, 15) is 4.79 Å². The van der Waals surface area contributed by atoms with Crippen LogP contribution in [-0.4, -0.2) is 5.78 Å². The zero-order valence-electron chi connectivity index (χ0n) is 12.4. The summed E-state index contributed by atoms with van der Waals surface area (Å²) in [4.78, 5) is 12.2. The van der Waals surface area contributed by atoms with Crippen molar-refractivity contribution in [2.24, 2.45) is 5.92 Å². The van der Waals surface area contributed by atoms with Gasteiger partial charge >= 0.3 is 0 Å². The standard InChI is InChI=1S/C18H28O/c1-4-6-8-10-11-16-13-15(3)14-18(19)17(16)12-9-7-5-2/h4-5,15H,1-2,6-14H2,3H3/t15-/m0/s1. The number of unbranched alkanes of at least 4 members (excludes halogenated alkanes) is 3. The molecule has 0 bridgehead atoms. The number of Topliss-reactive ketones (excluding diaryl/α,β-unsaturated/α-hetero) is 1. The van der Waals surface area contributed by atoms with Gasteiger partial charge in [-0.05, 0) is 62.9 Å². The minimum absolute atomic E-state index is 0.404. The predicted molar refractivity (Wildman–Crippen MR) is 83.1 cm³/mol. The molecule has 0 aromatic rings. The maximum Gasteiger partial charge on any atom is 0.159 e. The number of hydrogen-bond acceptors (Lipinski definition) is 1. The molecule has 0 saturated carbocycles. The van der Waals surface area contributed by atoms with E-state index < -0.39 is 0 Å². The molecule has 19 heavy (non-hydrogen) atoms. The molecule has 1 nitrogen and oxygen atoms in total. The largest absolute Gasteiger partial charge is 0.295 e. The van der Waals surface area contributed by atoms with Crippen molar-refractivity contribution >= 4 is 5.78 Å². The highest BCUT2D eigenvalue weighted by molar-refractivity contribution is 5.97. The normalized spacial score (nSPS) is 19.6. The van der Waals surface area contributed by atoms with Gasteiger partial charge in [0.25, 0.3) is 0 Å². The molecular weight excluding hydrogens is 232 g/mol. The van der Waals surface area contributed by atoms with Crippen LogP contribution in [0.4, 0.5) is 0 Å². The third kappa shape index (κ3) is 5.59. The Morgan fingerprint density at radius 3 is 2.42 bits per heavy atom. The smallest absolute Gasteiger partial charge is 0.159 e. The molecule has 0 aromatic carbocycles. The SMILES string of the molecule is C=CCCCCC1=C(CCCC=C)C(=O)C[C@@H](C)C1. The van der Waals surface area contributed by atoms with Crippen LogP contribution in [0.2, 0.25) is 0 Å². The Labute approximate surface area is 118 Å². The van der Waals surface area contributed by atoms with Crippen LogP contribution >= 0.6 is 0 Å². The Morgan fingerprint density at radius 2 is 1.74 bits per heavy atom. The van der Waals surface area contributed by atoms with Crippen LogP contribution in [0.5, 0.6) is 0 Å². The summed E-state index contributed by atoms with van der Waals surface area (Å²) in [5, 5.41) is 0. The lowest BCUT2D eigenvalue weighted by atomic mass is 9.80. The summed E-state index contributed by atoms with van der Waals surface area (Å²) in [5.74, 6) is 0.937. The van der Waals surface area contributed by atoms with Crippen LogP contribution in [0.1, 0.15) is 64.7 Å². The number of hydrogen-bond donors (Lipinski definition) is 0. The number of rotatable bonds is 9. The molecule has 0 aliphatic heterocycles. The fourth-order valence-electron chi connectivity index (χ4n) is 2.87. The third-order valence-corrected chi connectivity index (χ3v) is 3.86. The van der Waals surface area contributed by atoms with E-state index in [1.54, 1.807) is 0 Å². The van der Waals surface area contributed by atoms with Crippen LogP contribution < -0.4 is 0 Å². The zero-order chi connectivity index (χ0) is 14.1. The molecule has 1 atom stereocenters. The molecule has 0 saturated heterocycles. The van der Waals surface area contributed by atoms with Crippen molar-refractivity contribution < 1.29 is 4.79 Å². The number of allylic oxidation sites excluding steroid dienone is 4. The lowest BCUT2D eigenvalue weighted by Gasteiger charge is -2.24. The molecule has 1 rings (SSSR count). The topological polar surface area (TPSA) is 17.1 Å². The highest BCUT2D eigenvalue weighted by atomic mass is 16.1. The fourth-order valence-corrected chi connectivity index (χ4v) is 2.87. The average molecular weight is 260 g/mol. The molecule has 1 aliphatic rings. The zero-order valence-corrected chi connectivity index (χ0v) is 12.4. The number of carbonyl (C=O) groups is 1. The van der Waals surface area contributed by atoms with Crippen LogP contribution in [-0.2, 0) is 4.79 Å². The number of carbonyl (C=O) groups excluding carboxylic acids is 1. The van der Waals surface area contributed by atoms with Gasteiger partial charge in [0.1, 0.15) is 0 Å². The molecule has 0 spiro atoms. The molecule has 106 valence electrons. The van der Waals surface area contributed by atoms with Crippen molar-refractivity contribution in [2.45, 2.75) is 64.7 Å². The Kier molecular flexibility index (Phi) is 7.47. The number of ketones is 1. The fraction of sp³-hybridized carbons (Fsp3) is 0.611. The third-order valence-electron chi connectivity index (χ3n) is 3.86. The second-order valence-corrected chi connectivity index (χ2v) is 5.73. The Morgan fingerprint density at radius 1 is 1.05 bits per heavy atom. The molecule has 0 aromatic heterocycles. The minimum atomic E-state index is 0.404. The van der Waals surface area contributed by atoms with Crippen LogP contribution in [0, 0.1) is 5.92 Å². The first-order valence-electron chi connectivity index (χ1n) is 7.65.